The zero-order valence-electron chi connectivity index (χ0n) is 13.3. The van der Waals surface area contributed by atoms with Gasteiger partial charge in [0.05, 0.1) is 0 Å². The van der Waals surface area contributed by atoms with Gasteiger partial charge in [-0.1, -0.05) is 19.3 Å². The maximum atomic E-state index is 11.9. The normalized spacial score (nSPS) is 33.9. The molecule has 0 aliphatic heterocycles. The van der Waals surface area contributed by atoms with Gasteiger partial charge in [-0.2, -0.15) is 0 Å². The number of nitrogens with one attached hydrogen (secondary N) is 1. The molecule has 0 aromatic carbocycles. The zero-order chi connectivity index (χ0) is 14.9. The van der Waals surface area contributed by atoms with E-state index >= 15 is 0 Å². The number of carbonyl (C=O) groups is 1. The van der Waals surface area contributed by atoms with Crippen molar-refractivity contribution in [2.24, 2.45) is 5.92 Å². The van der Waals surface area contributed by atoms with Crippen molar-refractivity contribution in [1.82, 2.24) is 10.2 Å². The molecule has 0 heterocycles. The van der Waals surface area contributed by atoms with Crippen LogP contribution in [-0.4, -0.2) is 47.2 Å². The van der Waals surface area contributed by atoms with Crippen LogP contribution in [0.5, 0.6) is 0 Å². The van der Waals surface area contributed by atoms with Gasteiger partial charge in [0.2, 0.25) is 0 Å². The van der Waals surface area contributed by atoms with E-state index in [4.69, 9.17) is 0 Å². The lowest BCUT2D eigenvalue weighted by Crippen LogP contribution is -2.56. The van der Waals surface area contributed by atoms with Crippen molar-refractivity contribution in [1.29, 1.82) is 0 Å². The highest BCUT2D eigenvalue weighted by molar-refractivity contribution is 5.80. The second-order valence-electron chi connectivity index (χ2n) is 7.49. The standard InChI is InChI=1S/C17H30N2O2/c1-19(15-6-2-3-7-15)12-10-13-5-4-11-17(13,16(20)21)18-14-8-9-14/h13-15,18H,2-12H2,1H3,(H,20,21). The molecular formula is C17H30N2O2. The average Bonchev–Trinajstić information content (AvgIpc) is 2.95. The van der Waals surface area contributed by atoms with E-state index < -0.39 is 11.5 Å². The first-order valence-electron chi connectivity index (χ1n) is 8.83. The lowest BCUT2D eigenvalue weighted by molar-refractivity contribution is -0.147. The molecule has 0 radical (unpaired) electrons. The highest BCUT2D eigenvalue weighted by Gasteiger charge is 2.51. The summed E-state index contributed by atoms with van der Waals surface area (Å²) in [6.45, 7) is 1.05. The van der Waals surface area contributed by atoms with Gasteiger partial charge in [0.1, 0.15) is 5.54 Å². The van der Waals surface area contributed by atoms with Crippen LogP contribution < -0.4 is 5.32 Å². The summed E-state index contributed by atoms with van der Waals surface area (Å²) in [5.74, 6) is -0.306. The van der Waals surface area contributed by atoms with Gasteiger partial charge in [-0.25, -0.2) is 0 Å². The highest BCUT2D eigenvalue weighted by Crippen LogP contribution is 2.41. The molecule has 0 saturated heterocycles. The van der Waals surface area contributed by atoms with Gasteiger partial charge in [0.25, 0.3) is 0 Å². The van der Waals surface area contributed by atoms with E-state index in [1.54, 1.807) is 0 Å². The monoisotopic (exact) mass is 294 g/mol. The Labute approximate surface area is 128 Å². The third-order valence-electron chi connectivity index (χ3n) is 6.02. The van der Waals surface area contributed by atoms with Gasteiger partial charge >= 0.3 is 5.97 Å². The molecule has 3 rings (SSSR count). The number of aliphatic carboxylic acids is 1. The third-order valence-corrected chi connectivity index (χ3v) is 6.02. The summed E-state index contributed by atoms with van der Waals surface area (Å²) in [5.41, 5.74) is -0.627. The Balaban J connectivity index is 1.58. The summed E-state index contributed by atoms with van der Waals surface area (Å²) in [5, 5.41) is 13.3. The van der Waals surface area contributed by atoms with Crippen molar-refractivity contribution in [3.05, 3.63) is 0 Å². The smallest absolute Gasteiger partial charge is 0.324 e. The Morgan fingerprint density at radius 3 is 2.52 bits per heavy atom. The summed E-state index contributed by atoms with van der Waals surface area (Å²) in [4.78, 5) is 14.4. The summed E-state index contributed by atoms with van der Waals surface area (Å²) in [6.07, 6.45) is 11.7. The summed E-state index contributed by atoms with van der Waals surface area (Å²) in [6, 6.07) is 1.20. The van der Waals surface area contributed by atoms with E-state index in [9.17, 15) is 9.90 Å². The van der Waals surface area contributed by atoms with Crippen molar-refractivity contribution in [3.63, 3.8) is 0 Å². The molecule has 0 amide bonds. The molecule has 3 aliphatic carbocycles. The fourth-order valence-electron chi connectivity index (χ4n) is 4.48. The molecule has 0 aromatic rings. The molecule has 0 bridgehead atoms. The molecule has 3 saturated carbocycles. The minimum atomic E-state index is -0.627. The fraction of sp³-hybridized carbons (Fsp3) is 0.941. The van der Waals surface area contributed by atoms with Crippen molar-refractivity contribution in [2.45, 2.75) is 81.8 Å². The quantitative estimate of drug-likeness (QED) is 0.758. The van der Waals surface area contributed by atoms with E-state index in [1.807, 2.05) is 0 Å². The minimum Gasteiger partial charge on any atom is -0.480 e. The Morgan fingerprint density at radius 2 is 1.90 bits per heavy atom. The summed E-state index contributed by atoms with van der Waals surface area (Å²) >= 11 is 0. The zero-order valence-corrected chi connectivity index (χ0v) is 13.3. The topological polar surface area (TPSA) is 52.6 Å². The first-order valence-corrected chi connectivity index (χ1v) is 8.83. The van der Waals surface area contributed by atoms with Crippen LogP contribution in [0.25, 0.3) is 0 Å². The van der Waals surface area contributed by atoms with E-state index in [-0.39, 0.29) is 0 Å². The Morgan fingerprint density at radius 1 is 1.19 bits per heavy atom. The molecule has 120 valence electrons. The average molecular weight is 294 g/mol. The summed E-state index contributed by atoms with van der Waals surface area (Å²) < 4.78 is 0. The van der Waals surface area contributed by atoms with Gasteiger partial charge < -0.3 is 10.0 Å². The predicted molar refractivity (Wildman–Crippen MR) is 83.4 cm³/mol. The van der Waals surface area contributed by atoms with Crippen LogP contribution in [-0.2, 0) is 4.79 Å². The molecule has 0 aromatic heterocycles. The molecule has 21 heavy (non-hydrogen) atoms. The molecule has 4 heteroatoms. The number of carboxylic acids is 1. The van der Waals surface area contributed by atoms with Crippen molar-refractivity contribution in [2.75, 3.05) is 13.6 Å². The number of carboxylic acid groups (broad SMARTS) is 1. The first kappa shape index (κ1) is 15.3. The maximum absolute atomic E-state index is 11.9. The third kappa shape index (κ3) is 3.26. The first-order chi connectivity index (χ1) is 10.1. The molecule has 2 atom stereocenters. The van der Waals surface area contributed by atoms with Gasteiger partial charge in [-0.15, -0.1) is 0 Å². The molecule has 3 fully saturated rings. The molecule has 4 nitrogen and oxygen atoms in total. The Bertz CT molecular complexity index is 377. The van der Waals surface area contributed by atoms with Crippen molar-refractivity contribution < 1.29 is 9.90 Å². The SMILES string of the molecule is CN(CCC1CCCC1(NC1CC1)C(=O)O)C1CCCC1. The molecule has 0 spiro atoms. The molecule has 2 unspecified atom stereocenters. The van der Waals surface area contributed by atoms with Crippen LogP contribution in [0.3, 0.4) is 0 Å². The van der Waals surface area contributed by atoms with Gasteiger partial charge in [-0.3, -0.25) is 10.1 Å². The fourth-order valence-corrected chi connectivity index (χ4v) is 4.48. The van der Waals surface area contributed by atoms with Gasteiger partial charge in [0, 0.05) is 12.1 Å². The minimum absolute atomic E-state index is 0.305. The van der Waals surface area contributed by atoms with Crippen LogP contribution in [0.4, 0.5) is 0 Å². The van der Waals surface area contributed by atoms with E-state index in [0.29, 0.717) is 12.0 Å². The maximum Gasteiger partial charge on any atom is 0.324 e. The van der Waals surface area contributed by atoms with Crippen molar-refractivity contribution >= 4 is 5.97 Å². The van der Waals surface area contributed by atoms with Crippen molar-refractivity contribution in [3.8, 4) is 0 Å². The van der Waals surface area contributed by atoms with E-state index in [1.165, 1.54) is 25.7 Å². The lowest BCUT2D eigenvalue weighted by atomic mass is 9.84. The van der Waals surface area contributed by atoms with Crippen LogP contribution >= 0.6 is 0 Å². The van der Waals surface area contributed by atoms with Crippen LogP contribution in [0.1, 0.15) is 64.2 Å². The largest absolute Gasteiger partial charge is 0.480 e. The van der Waals surface area contributed by atoms with E-state index in [0.717, 1.165) is 51.1 Å². The van der Waals surface area contributed by atoms with Crippen LogP contribution in [0.15, 0.2) is 0 Å². The second-order valence-corrected chi connectivity index (χ2v) is 7.49. The lowest BCUT2D eigenvalue weighted by Gasteiger charge is -2.34. The Hall–Kier alpha value is -0.610. The van der Waals surface area contributed by atoms with Gasteiger partial charge in [-0.05, 0) is 64.5 Å². The highest BCUT2D eigenvalue weighted by atomic mass is 16.4. The molecular weight excluding hydrogens is 264 g/mol. The van der Waals surface area contributed by atoms with Crippen LogP contribution in [0, 0.1) is 5.92 Å². The molecule has 2 N–H and O–H groups in total. The Kier molecular flexibility index (Phi) is 4.55. The summed E-state index contributed by atoms with van der Waals surface area (Å²) in [7, 11) is 2.22. The second kappa shape index (κ2) is 6.25. The van der Waals surface area contributed by atoms with Gasteiger partial charge in [0.15, 0.2) is 0 Å². The number of nitrogens with zero attached hydrogens (tertiary/aromatic N) is 1. The predicted octanol–water partition coefficient (Wildman–Crippen LogP) is 2.63. The van der Waals surface area contributed by atoms with E-state index in [2.05, 4.69) is 17.3 Å². The number of rotatable bonds is 7. The number of hydrogen-bond donors (Lipinski definition) is 2. The molecule has 3 aliphatic rings. The number of hydrogen-bond acceptors (Lipinski definition) is 3. The van der Waals surface area contributed by atoms with Crippen LogP contribution in [0.2, 0.25) is 0 Å².